The molecule has 0 saturated carbocycles. The number of nitrogens with zero attached hydrogens (tertiary/aromatic N) is 3. The molecule has 23 heavy (non-hydrogen) atoms. The molecule has 0 radical (unpaired) electrons. The summed E-state index contributed by atoms with van der Waals surface area (Å²) < 4.78 is 1.95. The number of fused-ring (bicyclic) bond motifs is 1. The fourth-order valence-corrected chi connectivity index (χ4v) is 3.15. The van der Waals surface area contributed by atoms with Gasteiger partial charge in [-0.15, -0.1) is 0 Å². The molecule has 2 aromatic heterocycles. The summed E-state index contributed by atoms with van der Waals surface area (Å²) in [6, 6.07) is 17.7. The first-order chi connectivity index (χ1) is 11.3. The number of hydrogen-bond donors (Lipinski definition) is 0. The Bertz CT molecular complexity index is 994. The van der Waals surface area contributed by atoms with Crippen LogP contribution in [0.4, 0.5) is 0 Å². The normalized spacial score (nSPS) is 11.0. The van der Waals surface area contributed by atoms with Gasteiger partial charge in [-0.25, -0.2) is 9.97 Å². The van der Waals surface area contributed by atoms with Gasteiger partial charge in [0.2, 0.25) is 0 Å². The fourth-order valence-electron chi connectivity index (χ4n) is 2.69. The number of rotatable bonds is 2. The predicted octanol–water partition coefficient (Wildman–Crippen LogP) is 5.39. The minimum Gasteiger partial charge on any atom is -0.299 e. The third-order valence-corrected chi connectivity index (χ3v) is 4.34. The number of benzene rings is 2. The third kappa shape index (κ3) is 2.38. The molecule has 0 bridgehead atoms. The molecule has 2 heterocycles. The van der Waals surface area contributed by atoms with E-state index in [9.17, 15) is 0 Å². The highest BCUT2D eigenvalue weighted by Gasteiger charge is 2.17. The van der Waals surface area contributed by atoms with E-state index < -0.39 is 0 Å². The first kappa shape index (κ1) is 14.2. The monoisotopic (exact) mass is 339 g/mol. The van der Waals surface area contributed by atoms with E-state index in [-0.39, 0.29) is 0 Å². The van der Waals surface area contributed by atoms with Crippen LogP contribution in [0.25, 0.3) is 27.8 Å². The summed E-state index contributed by atoms with van der Waals surface area (Å²) in [5, 5.41) is 1.90. The van der Waals surface area contributed by atoms with E-state index in [0.717, 1.165) is 27.8 Å². The SMILES string of the molecule is Clc1ccccc1-n1cc(-c2ccccc2)c2c(Cl)ncnc21. The topological polar surface area (TPSA) is 30.7 Å². The van der Waals surface area contributed by atoms with Crippen LogP contribution in [0.1, 0.15) is 0 Å². The lowest BCUT2D eigenvalue weighted by Crippen LogP contribution is -1.95. The zero-order chi connectivity index (χ0) is 15.8. The van der Waals surface area contributed by atoms with Crippen LogP contribution in [0.5, 0.6) is 0 Å². The molecule has 0 aliphatic carbocycles. The molecule has 4 rings (SSSR count). The van der Waals surface area contributed by atoms with Crippen molar-refractivity contribution in [2.45, 2.75) is 0 Å². The summed E-state index contributed by atoms with van der Waals surface area (Å²) in [7, 11) is 0. The Morgan fingerprint density at radius 3 is 2.35 bits per heavy atom. The molecular weight excluding hydrogens is 329 g/mol. The molecule has 0 aliphatic heterocycles. The van der Waals surface area contributed by atoms with E-state index in [4.69, 9.17) is 23.2 Å². The number of hydrogen-bond acceptors (Lipinski definition) is 2. The van der Waals surface area contributed by atoms with Gasteiger partial charge in [0.05, 0.1) is 16.1 Å². The minimum absolute atomic E-state index is 0.430. The zero-order valence-electron chi connectivity index (χ0n) is 11.9. The van der Waals surface area contributed by atoms with Crippen LogP contribution < -0.4 is 0 Å². The van der Waals surface area contributed by atoms with Gasteiger partial charge in [-0.1, -0.05) is 65.7 Å². The molecule has 0 fully saturated rings. The highest BCUT2D eigenvalue weighted by Crippen LogP contribution is 2.36. The Kier molecular flexibility index (Phi) is 3.52. The highest BCUT2D eigenvalue weighted by molar-refractivity contribution is 6.35. The Balaban J connectivity index is 2.08. The molecule has 5 heteroatoms. The molecule has 0 atom stereocenters. The maximum atomic E-state index is 6.36. The van der Waals surface area contributed by atoms with E-state index in [1.807, 2.05) is 65.4 Å². The molecular formula is C18H11Cl2N3. The van der Waals surface area contributed by atoms with Crippen molar-refractivity contribution >= 4 is 34.2 Å². The zero-order valence-corrected chi connectivity index (χ0v) is 13.5. The molecule has 0 aliphatic rings. The fraction of sp³-hybridized carbons (Fsp3) is 0. The average molecular weight is 340 g/mol. The summed E-state index contributed by atoms with van der Waals surface area (Å²) in [4.78, 5) is 8.55. The number of halogens is 2. The maximum absolute atomic E-state index is 6.36. The second-order valence-corrected chi connectivity index (χ2v) is 5.86. The molecule has 2 aromatic carbocycles. The van der Waals surface area contributed by atoms with Crippen molar-refractivity contribution in [2.75, 3.05) is 0 Å². The molecule has 4 aromatic rings. The van der Waals surface area contributed by atoms with E-state index in [1.165, 1.54) is 6.33 Å². The quantitative estimate of drug-likeness (QED) is 0.458. The standard InChI is InChI=1S/C18H11Cl2N3/c19-14-8-4-5-9-15(14)23-10-13(12-6-2-1-3-7-12)16-17(20)21-11-22-18(16)23/h1-11H. The molecule has 0 unspecified atom stereocenters. The lowest BCUT2D eigenvalue weighted by molar-refractivity contribution is 1.08. The van der Waals surface area contributed by atoms with Crippen LogP contribution in [0.2, 0.25) is 10.2 Å². The molecule has 0 saturated heterocycles. The van der Waals surface area contributed by atoms with Gasteiger partial charge in [0.15, 0.2) is 0 Å². The van der Waals surface area contributed by atoms with Crippen molar-refractivity contribution in [1.29, 1.82) is 0 Å². The second-order valence-electron chi connectivity index (χ2n) is 5.09. The maximum Gasteiger partial charge on any atom is 0.150 e. The van der Waals surface area contributed by atoms with Crippen LogP contribution >= 0.6 is 23.2 Å². The molecule has 0 amide bonds. The third-order valence-electron chi connectivity index (χ3n) is 3.73. The van der Waals surface area contributed by atoms with Crippen LogP contribution in [-0.4, -0.2) is 14.5 Å². The van der Waals surface area contributed by atoms with Crippen molar-refractivity contribution in [3.05, 3.63) is 77.3 Å². The van der Waals surface area contributed by atoms with Gasteiger partial charge in [-0.2, -0.15) is 0 Å². The molecule has 112 valence electrons. The smallest absolute Gasteiger partial charge is 0.150 e. The Morgan fingerprint density at radius 2 is 1.57 bits per heavy atom. The minimum atomic E-state index is 0.430. The number of aromatic nitrogens is 3. The van der Waals surface area contributed by atoms with Crippen molar-refractivity contribution in [2.24, 2.45) is 0 Å². The van der Waals surface area contributed by atoms with Crippen molar-refractivity contribution in [3.8, 4) is 16.8 Å². The Hall–Kier alpha value is -2.36. The van der Waals surface area contributed by atoms with Crippen molar-refractivity contribution in [3.63, 3.8) is 0 Å². The summed E-state index contributed by atoms with van der Waals surface area (Å²) >= 11 is 12.7. The summed E-state index contributed by atoms with van der Waals surface area (Å²) in [6.07, 6.45) is 3.47. The van der Waals surface area contributed by atoms with Crippen LogP contribution in [0.3, 0.4) is 0 Å². The van der Waals surface area contributed by atoms with Gasteiger partial charge in [-0.3, -0.25) is 4.57 Å². The van der Waals surface area contributed by atoms with E-state index in [2.05, 4.69) is 9.97 Å². The summed E-state index contributed by atoms with van der Waals surface area (Å²) in [5.74, 6) is 0. The lowest BCUT2D eigenvalue weighted by atomic mass is 10.1. The summed E-state index contributed by atoms with van der Waals surface area (Å²) in [5.41, 5.74) is 3.62. The van der Waals surface area contributed by atoms with Gasteiger partial charge < -0.3 is 0 Å². The largest absolute Gasteiger partial charge is 0.299 e. The second kappa shape index (κ2) is 5.69. The Morgan fingerprint density at radius 1 is 0.826 bits per heavy atom. The van der Waals surface area contributed by atoms with Gasteiger partial charge in [0, 0.05) is 11.8 Å². The molecule has 3 nitrogen and oxygen atoms in total. The lowest BCUT2D eigenvalue weighted by Gasteiger charge is -2.06. The van der Waals surface area contributed by atoms with Crippen LogP contribution in [0, 0.1) is 0 Å². The first-order valence-electron chi connectivity index (χ1n) is 7.07. The van der Waals surface area contributed by atoms with E-state index in [1.54, 1.807) is 0 Å². The van der Waals surface area contributed by atoms with Crippen molar-refractivity contribution < 1.29 is 0 Å². The van der Waals surface area contributed by atoms with Gasteiger partial charge in [-0.05, 0) is 17.7 Å². The van der Waals surface area contributed by atoms with E-state index >= 15 is 0 Å². The van der Waals surface area contributed by atoms with Crippen molar-refractivity contribution in [1.82, 2.24) is 14.5 Å². The average Bonchev–Trinajstić information content (AvgIpc) is 2.97. The Labute approximate surface area is 143 Å². The molecule has 0 N–H and O–H groups in total. The summed E-state index contributed by atoms with van der Waals surface area (Å²) in [6.45, 7) is 0. The van der Waals surface area contributed by atoms with E-state index in [0.29, 0.717) is 10.2 Å². The first-order valence-corrected chi connectivity index (χ1v) is 7.83. The number of para-hydroxylation sites is 1. The van der Waals surface area contributed by atoms with Crippen LogP contribution in [0.15, 0.2) is 67.1 Å². The highest BCUT2D eigenvalue weighted by atomic mass is 35.5. The van der Waals surface area contributed by atoms with Gasteiger partial charge >= 0.3 is 0 Å². The predicted molar refractivity (Wildman–Crippen MR) is 94.3 cm³/mol. The van der Waals surface area contributed by atoms with Gasteiger partial charge in [0.1, 0.15) is 17.1 Å². The van der Waals surface area contributed by atoms with Gasteiger partial charge in [0.25, 0.3) is 0 Å². The van der Waals surface area contributed by atoms with Crippen LogP contribution in [-0.2, 0) is 0 Å². The molecule has 0 spiro atoms.